The first-order valence-electron chi connectivity index (χ1n) is 6.64. The number of hydrogen-bond acceptors (Lipinski definition) is 2. The van der Waals surface area contributed by atoms with E-state index in [0.717, 1.165) is 11.4 Å². The van der Waals surface area contributed by atoms with Crippen LogP contribution in [0.4, 0.5) is 0 Å². The van der Waals surface area contributed by atoms with Gasteiger partial charge in [-0.3, -0.25) is 4.98 Å². The molecule has 1 N–H and O–H groups in total. The molecule has 94 valence electrons. The van der Waals surface area contributed by atoms with Crippen LogP contribution < -0.4 is 5.32 Å². The van der Waals surface area contributed by atoms with Crippen molar-refractivity contribution in [1.29, 1.82) is 0 Å². The highest BCUT2D eigenvalue weighted by Crippen LogP contribution is 2.58. The molecule has 0 amide bonds. The Morgan fingerprint density at radius 2 is 2.00 bits per heavy atom. The number of nitrogens with zero attached hydrogens (tertiary/aromatic N) is 1. The summed E-state index contributed by atoms with van der Waals surface area (Å²) in [4.78, 5) is 4.57. The van der Waals surface area contributed by atoms with Crippen LogP contribution in [0.3, 0.4) is 0 Å². The molecule has 0 saturated heterocycles. The lowest BCUT2D eigenvalue weighted by molar-refractivity contribution is 0.442. The summed E-state index contributed by atoms with van der Waals surface area (Å²) in [5, 5.41) is 4.72. The minimum absolute atomic E-state index is 0.415. The molecular formula is C16H20N2. The number of nitrogens with one attached hydrogen (secondary N) is 1. The molecule has 1 fully saturated rings. The van der Waals surface area contributed by atoms with Crippen LogP contribution in [0.15, 0.2) is 36.5 Å². The van der Waals surface area contributed by atoms with Crippen LogP contribution in [0, 0.1) is 11.3 Å². The number of benzene rings is 1. The van der Waals surface area contributed by atoms with Gasteiger partial charge < -0.3 is 5.32 Å². The topological polar surface area (TPSA) is 24.9 Å². The zero-order valence-electron chi connectivity index (χ0n) is 11.3. The van der Waals surface area contributed by atoms with Crippen molar-refractivity contribution in [3.63, 3.8) is 0 Å². The molecule has 3 rings (SSSR count). The maximum atomic E-state index is 4.57. The summed E-state index contributed by atoms with van der Waals surface area (Å²) >= 11 is 0. The van der Waals surface area contributed by atoms with Crippen molar-refractivity contribution in [2.24, 2.45) is 11.3 Å². The predicted molar refractivity (Wildman–Crippen MR) is 75.4 cm³/mol. The van der Waals surface area contributed by atoms with E-state index in [1.165, 1.54) is 17.4 Å². The highest BCUT2D eigenvalue weighted by Gasteiger charge is 2.50. The number of rotatable bonds is 3. The molecule has 1 saturated carbocycles. The maximum absolute atomic E-state index is 4.57. The van der Waals surface area contributed by atoms with Gasteiger partial charge in [0.15, 0.2) is 0 Å². The predicted octanol–water partition coefficient (Wildman–Crippen LogP) is 3.54. The van der Waals surface area contributed by atoms with E-state index in [1.807, 2.05) is 12.3 Å². The molecule has 1 aromatic heterocycles. The third-order valence-electron chi connectivity index (χ3n) is 4.30. The van der Waals surface area contributed by atoms with E-state index in [1.54, 1.807) is 0 Å². The van der Waals surface area contributed by atoms with Gasteiger partial charge >= 0.3 is 0 Å². The molecule has 2 unspecified atom stereocenters. The summed E-state index contributed by atoms with van der Waals surface area (Å²) in [5.41, 5.74) is 2.94. The van der Waals surface area contributed by atoms with Gasteiger partial charge in [-0.05, 0) is 36.4 Å². The highest BCUT2D eigenvalue weighted by molar-refractivity contribution is 5.82. The van der Waals surface area contributed by atoms with E-state index >= 15 is 0 Å². The number of pyridine rings is 1. The van der Waals surface area contributed by atoms with Crippen LogP contribution >= 0.6 is 0 Å². The van der Waals surface area contributed by atoms with Gasteiger partial charge in [0.2, 0.25) is 0 Å². The Morgan fingerprint density at radius 3 is 2.67 bits per heavy atom. The van der Waals surface area contributed by atoms with Crippen LogP contribution in [-0.2, 0) is 0 Å². The van der Waals surface area contributed by atoms with Gasteiger partial charge in [0, 0.05) is 17.6 Å². The van der Waals surface area contributed by atoms with Gasteiger partial charge in [-0.25, -0.2) is 0 Å². The summed E-state index contributed by atoms with van der Waals surface area (Å²) in [6.07, 6.45) is 3.18. The third kappa shape index (κ3) is 1.81. The smallest absolute Gasteiger partial charge is 0.0749 e. The van der Waals surface area contributed by atoms with Crippen molar-refractivity contribution < 1.29 is 0 Å². The number of hydrogen-bond donors (Lipinski definition) is 1. The Balaban J connectivity index is 2.08. The summed E-state index contributed by atoms with van der Waals surface area (Å²) < 4.78 is 0. The Bertz CT molecular complexity index is 569. The molecular weight excluding hydrogens is 220 g/mol. The minimum atomic E-state index is 0.415. The van der Waals surface area contributed by atoms with E-state index in [4.69, 9.17) is 0 Å². The zero-order chi connectivity index (χ0) is 12.8. The van der Waals surface area contributed by atoms with Crippen molar-refractivity contribution in [2.75, 3.05) is 7.05 Å². The summed E-state index contributed by atoms with van der Waals surface area (Å²) in [6.45, 7) is 4.70. The molecule has 0 spiro atoms. The maximum Gasteiger partial charge on any atom is 0.0749 e. The molecule has 1 aliphatic rings. The van der Waals surface area contributed by atoms with Crippen molar-refractivity contribution >= 4 is 10.9 Å². The Morgan fingerprint density at radius 1 is 1.28 bits per heavy atom. The molecule has 0 radical (unpaired) electrons. The standard InChI is InChI=1S/C16H20N2/c1-16(2)10-13(16)15(17-3)12-8-4-6-11-7-5-9-18-14(11)12/h4-9,13,15,17H,10H2,1-3H3. The first-order chi connectivity index (χ1) is 8.63. The van der Waals surface area contributed by atoms with Gasteiger partial charge in [-0.1, -0.05) is 38.1 Å². The lowest BCUT2D eigenvalue weighted by Gasteiger charge is -2.19. The van der Waals surface area contributed by atoms with E-state index in [9.17, 15) is 0 Å². The van der Waals surface area contributed by atoms with Gasteiger partial charge in [-0.15, -0.1) is 0 Å². The van der Waals surface area contributed by atoms with Crippen LogP contribution in [0.5, 0.6) is 0 Å². The molecule has 0 aliphatic heterocycles. The van der Waals surface area contributed by atoms with Crippen LogP contribution in [0.2, 0.25) is 0 Å². The Labute approximate surface area is 108 Å². The normalized spacial score (nSPS) is 22.9. The van der Waals surface area contributed by atoms with Crippen LogP contribution in [0.25, 0.3) is 10.9 Å². The van der Waals surface area contributed by atoms with Gasteiger partial charge in [0.05, 0.1) is 5.52 Å². The average molecular weight is 240 g/mol. The molecule has 1 aromatic carbocycles. The Hall–Kier alpha value is -1.41. The lowest BCUT2D eigenvalue weighted by atomic mass is 9.95. The van der Waals surface area contributed by atoms with Gasteiger partial charge in [0.25, 0.3) is 0 Å². The van der Waals surface area contributed by atoms with Gasteiger partial charge in [-0.2, -0.15) is 0 Å². The Kier molecular flexibility index (Phi) is 2.63. The molecule has 2 aromatic rings. The number of para-hydroxylation sites is 1. The monoisotopic (exact) mass is 240 g/mol. The zero-order valence-corrected chi connectivity index (χ0v) is 11.3. The van der Waals surface area contributed by atoms with E-state index in [-0.39, 0.29) is 0 Å². The van der Waals surface area contributed by atoms with Crippen molar-refractivity contribution in [3.05, 3.63) is 42.1 Å². The van der Waals surface area contributed by atoms with E-state index in [2.05, 4.69) is 55.5 Å². The second-order valence-corrected chi connectivity index (χ2v) is 5.99. The second kappa shape index (κ2) is 4.06. The summed E-state index contributed by atoms with van der Waals surface area (Å²) in [7, 11) is 2.06. The first-order valence-corrected chi connectivity index (χ1v) is 6.64. The van der Waals surface area contributed by atoms with Crippen LogP contribution in [0.1, 0.15) is 31.9 Å². The van der Waals surface area contributed by atoms with Gasteiger partial charge in [0.1, 0.15) is 0 Å². The van der Waals surface area contributed by atoms with Crippen LogP contribution in [-0.4, -0.2) is 12.0 Å². The minimum Gasteiger partial charge on any atom is -0.313 e. The van der Waals surface area contributed by atoms with Crippen molar-refractivity contribution in [2.45, 2.75) is 26.3 Å². The number of aromatic nitrogens is 1. The fraction of sp³-hybridized carbons (Fsp3) is 0.438. The van der Waals surface area contributed by atoms with E-state index < -0.39 is 0 Å². The third-order valence-corrected chi connectivity index (χ3v) is 4.30. The average Bonchev–Trinajstić information content (AvgIpc) is 2.99. The number of fused-ring (bicyclic) bond motifs is 1. The summed E-state index contributed by atoms with van der Waals surface area (Å²) in [5.74, 6) is 0.718. The molecule has 18 heavy (non-hydrogen) atoms. The van der Waals surface area contributed by atoms with Crippen molar-refractivity contribution in [3.8, 4) is 0 Å². The molecule has 2 heteroatoms. The van der Waals surface area contributed by atoms with Crippen molar-refractivity contribution in [1.82, 2.24) is 10.3 Å². The SMILES string of the molecule is CNC(c1cccc2cccnc12)C1CC1(C)C. The van der Waals surface area contributed by atoms with E-state index in [0.29, 0.717) is 11.5 Å². The highest BCUT2D eigenvalue weighted by atomic mass is 14.9. The molecule has 2 atom stereocenters. The largest absolute Gasteiger partial charge is 0.313 e. The molecule has 2 nitrogen and oxygen atoms in total. The molecule has 1 heterocycles. The fourth-order valence-electron chi connectivity index (χ4n) is 3.03. The molecule has 0 bridgehead atoms. The fourth-order valence-corrected chi connectivity index (χ4v) is 3.03. The first kappa shape index (κ1) is 11.7. The lowest BCUT2D eigenvalue weighted by Crippen LogP contribution is -2.21. The summed E-state index contributed by atoms with van der Waals surface area (Å²) in [6, 6.07) is 11.0. The molecule has 1 aliphatic carbocycles. The quantitative estimate of drug-likeness (QED) is 0.887. The second-order valence-electron chi connectivity index (χ2n) is 5.99.